The number of hydrogen-bond acceptors (Lipinski definition) is 0. The van der Waals surface area contributed by atoms with E-state index in [0.717, 1.165) is 0 Å². The molecule has 31 heavy (non-hydrogen) atoms. The molecule has 3 heteroatoms. The van der Waals surface area contributed by atoms with E-state index in [2.05, 4.69) is 112 Å². The second-order valence-corrected chi connectivity index (χ2v) is 10.4. The molecule has 0 saturated heterocycles. The maximum atomic E-state index is 2.38. The van der Waals surface area contributed by atoms with Crippen LogP contribution in [0.4, 0.5) is 0 Å². The Morgan fingerprint density at radius 1 is 0.806 bits per heavy atom. The summed E-state index contributed by atoms with van der Waals surface area (Å²) < 4.78 is 1.51. The van der Waals surface area contributed by atoms with Gasteiger partial charge in [-0.2, -0.15) is 0 Å². The Kier molecular flexibility index (Phi) is 9.32. The Bertz CT molecular complexity index is 1240. The number of allylic oxidation sites excluding steroid dienone is 4. The molecule has 0 bridgehead atoms. The second-order valence-electron chi connectivity index (χ2n) is 7.90. The molecule has 0 amide bonds. The zero-order valence-corrected chi connectivity index (χ0v) is 22.0. The van der Waals surface area contributed by atoms with Gasteiger partial charge < -0.3 is 24.8 Å². The van der Waals surface area contributed by atoms with Crippen LogP contribution in [0.15, 0.2) is 96.6 Å². The molecule has 0 aliphatic heterocycles. The molecule has 0 nitrogen and oxygen atoms in total. The van der Waals surface area contributed by atoms with E-state index in [4.69, 9.17) is 0 Å². The zero-order valence-electron chi connectivity index (χ0n) is 18.0. The number of benzene rings is 3. The topological polar surface area (TPSA) is 0 Å². The maximum Gasteiger partial charge on any atom is -1.00 e. The van der Waals surface area contributed by atoms with Crippen molar-refractivity contribution in [1.82, 2.24) is 0 Å². The fraction of sp³-hybridized carbons (Fsp3) is 0.143. The van der Waals surface area contributed by atoms with E-state index in [1.165, 1.54) is 47.0 Å². The Morgan fingerprint density at radius 3 is 2.13 bits per heavy atom. The summed E-state index contributed by atoms with van der Waals surface area (Å²) >= 11 is 1.55. The summed E-state index contributed by atoms with van der Waals surface area (Å²) in [6.07, 6.45) is 4.73. The van der Waals surface area contributed by atoms with E-state index < -0.39 is 0 Å². The number of fused-ring (bicyclic) bond motifs is 3. The first kappa shape index (κ1) is 25.6. The van der Waals surface area contributed by atoms with Gasteiger partial charge in [0, 0.05) is 5.92 Å². The van der Waals surface area contributed by atoms with Crippen molar-refractivity contribution in [3.63, 3.8) is 0 Å². The van der Waals surface area contributed by atoms with E-state index >= 15 is 0 Å². The summed E-state index contributed by atoms with van der Waals surface area (Å²) in [5.74, 6) is 0.338. The maximum absolute atomic E-state index is 2.38. The van der Waals surface area contributed by atoms with Crippen molar-refractivity contribution < 1.29 is 49.0 Å². The van der Waals surface area contributed by atoms with Gasteiger partial charge in [-0.1, -0.05) is 95.6 Å². The van der Waals surface area contributed by atoms with Crippen molar-refractivity contribution in [2.45, 2.75) is 26.7 Å². The fourth-order valence-electron chi connectivity index (χ4n) is 4.15. The minimum Gasteiger partial charge on any atom is -1.00 e. The Balaban J connectivity index is 0.000000527. The van der Waals surface area contributed by atoms with Crippen LogP contribution in [0.2, 0.25) is 0 Å². The van der Waals surface area contributed by atoms with Gasteiger partial charge in [-0.25, -0.2) is 0 Å². The van der Waals surface area contributed by atoms with Gasteiger partial charge in [-0.3, -0.25) is 0 Å². The summed E-state index contributed by atoms with van der Waals surface area (Å²) in [5.41, 5.74) is 5.47. The van der Waals surface area contributed by atoms with Crippen LogP contribution < -0.4 is 24.8 Å². The van der Waals surface area contributed by atoms with Gasteiger partial charge in [0.05, 0.1) is 0 Å². The normalized spacial score (nSPS) is 14.7. The van der Waals surface area contributed by atoms with Crippen LogP contribution in [0.25, 0.3) is 27.1 Å². The van der Waals surface area contributed by atoms with Gasteiger partial charge in [-0.15, -0.1) is 33.7 Å². The third kappa shape index (κ3) is 5.59. The Hall–Kier alpha value is -1.66. The van der Waals surface area contributed by atoms with Gasteiger partial charge >= 0.3 is 41.3 Å². The molecule has 1 aliphatic carbocycles. The third-order valence-electron chi connectivity index (χ3n) is 5.27. The fourth-order valence-corrected chi connectivity index (χ4v) is 4.15. The largest absolute Gasteiger partial charge is 1.00 e. The van der Waals surface area contributed by atoms with E-state index in [1.54, 1.807) is 24.2 Å². The smallest absolute Gasteiger partial charge is 1.00 e. The second kappa shape index (κ2) is 11.3. The molecule has 0 saturated carbocycles. The molecule has 0 heterocycles. The summed E-state index contributed by atoms with van der Waals surface area (Å²) in [6, 6.07) is 28.5. The molecule has 0 N–H and O–H groups in total. The van der Waals surface area contributed by atoms with Crippen molar-refractivity contribution >= 4 is 30.3 Å². The predicted octanol–water partition coefficient (Wildman–Crippen LogP) is 1.59. The van der Waals surface area contributed by atoms with Crippen LogP contribution in [0.3, 0.4) is 0 Å². The summed E-state index contributed by atoms with van der Waals surface area (Å²) in [5, 5.41) is 5.38. The molecule has 1 unspecified atom stereocenters. The average Bonchev–Trinajstić information content (AvgIpc) is 3.28. The molecule has 0 fully saturated rings. The van der Waals surface area contributed by atoms with E-state index in [-0.39, 0.29) is 24.8 Å². The molecule has 0 radical (unpaired) electrons. The third-order valence-corrected chi connectivity index (χ3v) is 5.27. The molecule has 1 aliphatic rings. The first-order valence-electron chi connectivity index (χ1n) is 10.1. The predicted molar refractivity (Wildman–Crippen MR) is 124 cm³/mol. The SMILES string of the molecule is CC1=CC(c2ccccc2)C(c2cccc3c2[cH-]c2ccccc23)=C1.C[C](C)=[Zr+2].[Cl-].[Cl-]. The molecule has 0 aromatic heterocycles. The van der Waals surface area contributed by atoms with Crippen LogP contribution in [0, 0.1) is 0 Å². The Labute approximate surface area is 212 Å². The molecule has 4 aromatic rings. The molecule has 156 valence electrons. The molecular weight excluding hydrogens is 498 g/mol. The first-order valence-corrected chi connectivity index (χ1v) is 11.3. The molecule has 5 rings (SSSR count). The van der Waals surface area contributed by atoms with Crippen LogP contribution in [-0.4, -0.2) is 3.21 Å². The Morgan fingerprint density at radius 2 is 1.42 bits per heavy atom. The molecular formula is C28H25Cl2Zr-. The standard InChI is InChI=1S/C25H19.C3H6.2ClH.Zr/c1-17-14-23(18-8-3-2-4-9-18)24(15-17)22-13-7-12-21-20-11-6-5-10-19(20)16-25(21)22;1-3-2;;;/h2-16,23H,1H3;1-2H3;2*1H;/q-1;;;;+2/p-2. The van der Waals surface area contributed by atoms with E-state index in [1.807, 2.05) is 0 Å². The van der Waals surface area contributed by atoms with Crippen molar-refractivity contribution in [2.24, 2.45) is 0 Å². The van der Waals surface area contributed by atoms with Gasteiger partial charge in [0.15, 0.2) is 0 Å². The van der Waals surface area contributed by atoms with Crippen LogP contribution in [0.5, 0.6) is 0 Å². The summed E-state index contributed by atoms with van der Waals surface area (Å²) in [7, 11) is 0. The van der Waals surface area contributed by atoms with Gasteiger partial charge in [-0.05, 0) is 12.5 Å². The number of rotatable bonds is 2. The van der Waals surface area contributed by atoms with Gasteiger partial charge in [0.2, 0.25) is 0 Å². The van der Waals surface area contributed by atoms with Crippen LogP contribution in [-0.2, 0) is 24.2 Å². The van der Waals surface area contributed by atoms with Gasteiger partial charge in [0.1, 0.15) is 0 Å². The van der Waals surface area contributed by atoms with Crippen LogP contribution in [0.1, 0.15) is 37.8 Å². The first-order chi connectivity index (χ1) is 14.0. The average molecular weight is 524 g/mol. The van der Waals surface area contributed by atoms with Crippen molar-refractivity contribution in [1.29, 1.82) is 0 Å². The minimum absolute atomic E-state index is 0. The van der Waals surface area contributed by atoms with E-state index in [0.29, 0.717) is 5.92 Å². The summed E-state index contributed by atoms with van der Waals surface area (Å²) in [6.45, 7) is 6.45. The number of hydrogen-bond donors (Lipinski definition) is 0. The summed E-state index contributed by atoms with van der Waals surface area (Å²) in [4.78, 5) is 0. The van der Waals surface area contributed by atoms with E-state index in [9.17, 15) is 0 Å². The quantitative estimate of drug-likeness (QED) is 0.350. The van der Waals surface area contributed by atoms with Gasteiger partial charge in [0.25, 0.3) is 0 Å². The molecule has 4 aromatic carbocycles. The number of halogens is 2. The van der Waals surface area contributed by atoms with Crippen molar-refractivity contribution in [3.05, 3.63) is 108 Å². The minimum atomic E-state index is 0. The van der Waals surface area contributed by atoms with Crippen molar-refractivity contribution in [2.75, 3.05) is 0 Å². The molecule has 1 atom stereocenters. The molecule has 0 spiro atoms. The van der Waals surface area contributed by atoms with Crippen molar-refractivity contribution in [3.8, 4) is 0 Å². The zero-order chi connectivity index (χ0) is 20.4. The van der Waals surface area contributed by atoms with Crippen LogP contribution >= 0.6 is 0 Å². The monoisotopic (exact) mass is 521 g/mol.